The van der Waals surface area contributed by atoms with Crippen molar-refractivity contribution in [3.05, 3.63) is 92.4 Å². The van der Waals surface area contributed by atoms with Crippen LogP contribution in [-0.4, -0.2) is 4.98 Å². The van der Waals surface area contributed by atoms with E-state index < -0.39 is 0 Å². The van der Waals surface area contributed by atoms with Gasteiger partial charge in [0.1, 0.15) is 5.82 Å². The van der Waals surface area contributed by atoms with Crippen LogP contribution in [0.1, 0.15) is 21.9 Å². The van der Waals surface area contributed by atoms with Gasteiger partial charge in [-0.1, -0.05) is 78.1 Å². The number of aromatic nitrogens is 1. The highest BCUT2D eigenvalue weighted by Crippen LogP contribution is 2.47. The average molecular weight is 330 g/mol. The Kier molecular flexibility index (Phi) is 2.87. The number of fused-ring (bicyclic) bond motifs is 4. The number of rotatable bonds is 1. The zero-order valence-electron chi connectivity index (χ0n) is 12.7. The maximum absolute atomic E-state index is 12.0. The van der Waals surface area contributed by atoms with Crippen LogP contribution in [0.15, 0.2) is 71.5 Å². The van der Waals surface area contributed by atoms with E-state index in [0.29, 0.717) is 0 Å². The van der Waals surface area contributed by atoms with Crippen molar-refractivity contribution >= 4 is 33.6 Å². The summed E-state index contributed by atoms with van der Waals surface area (Å²) in [5, 5.41) is 5.82. The maximum Gasteiger partial charge on any atom is 0.306 e. The molecule has 24 heavy (non-hydrogen) atoms. The summed E-state index contributed by atoms with van der Waals surface area (Å²) in [5.41, 5.74) is 3.50. The standard InChI is InChI=1S/C20H14N2OS/c23-20-22-19-18(24-20)16(13-7-2-1-3-8-13)15-11-10-12-6-4-5-9-14(12)17(15)21-19/h1-11,16,21H,(H,22,23). The van der Waals surface area contributed by atoms with Gasteiger partial charge in [-0.2, -0.15) is 0 Å². The monoisotopic (exact) mass is 330 g/mol. The Hall–Kier alpha value is -2.85. The molecule has 3 nitrogen and oxygen atoms in total. The van der Waals surface area contributed by atoms with Gasteiger partial charge >= 0.3 is 4.87 Å². The Bertz CT molecular complexity index is 1110. The first-order chi connectivity index (χ1) is 11.8. The lowest BCUT2D eigenvalue weighted by Gasteiger charge is -2.27. The van der Waals surface area contributed by atoms with E-state index in [0.717, 1.165) is 16.4 Å². The molecule has 0 bridgehead atoms. The minimum atomic E-state index is -0.0226. The molecule has 0 spiro atoms. The molecule has 3 aromatic carbocycles. The van der Waals surface area contributed by atoms with Crippen LogP contribution in [0, 0.1) is 0 Å². The third kappa shape index (κ3) is 1.93. The van der Waals surface area contributed by atoms with Crippen LogP contribution >= 0.6 is 11.3 Å². The number of benzene rings is 3. The first-order valence-corrected chi connectivity index (χ1v) is 8.69. The SMILES string of the molecule is O=c1[nH]c2c(s1)C(c1ccccc1)c1ccc3ccccc3c1N2. The number of hydrogen-bond acceptors (Lipinski definition) is 3. The summed E-state index contributed by atoms with van der Waals surface area (Å²) in [7, 11) is 0. The van der Waals surface area contributed by atoms with E-state index in [4.69, 9.17) is 0 Å². The smallest absolute Gasteiger partial charge is 0.306 e. The maximum atomic E-state index is 12.0. The Labute approximate surface area is 142 Å². The van der Waals surface area contributed by atoms with Crippen LogP contribution in [0.5, 0.6) is 0 Å². The number of thiazole rings is 1. The van der Waals surface area contributed by atoms with Crippen molar-refractivity contribution in [3.63, 3.8) is 0 Å². The molecule has 5 rings (SSSR count). The highest BCUT2D eigenvalue weighted by Gasteiger charge is 2.30. The molecule has 1 aromatic heterocycles. The van der Waals surface area contributed by atoms with Gasteiger partial charge < -0.3 is 5.32 Å². The lowest BCUT2D eigenvalue weighted by atomic mass is 9.85. The van der Waals surface area contributed by atoms with Crippen molar-refractivity contribution in [1.82, 2.24) is 4.98 Å². The number of H-pyrrole nitrogens is 1. The van der Waals surface area contributed by atoms with Gasteiger partial charge in [-0.3, -0.25) is 9.78 Å². The third-order valence-electron chi connectivity index (χ3n) is 4.59. The molecule has 116 valence electrons. The minimum absolute atomic E-state index is 0.0226. The fraction of sp³-hybridized carbons (Fsp3) is 0.0500. The van der Waals surface area contributed by atoms with Crippen molar-refractivity contribution in [2.24, 2.45) is 0 Å². The van der Waals surface area contributed by atoms with E-state index in [1.807, 2.05) is 30.3 Å². The van der Waals surface area contributed by atoms with Gasteiger partial charge in [0.05, 0.1) is 10.6 Å². The molecule has 1 aliphatic heterocycles. The summed E-state index contributed by atoms with van der Waals surface area (Å²) in [6, 6.07) is 23.0. The van der Waals surface area contributed by atoms with E-state index in [9.17, 15) is 4.79 Å². The van der Waals surface area contributed by atoms with E-state index >= 15 is 0 Å². The zero-order valence-corrected chi connectivity index (χ0v) is 13.6. The number of aromatic amines is 1. The van der Waals surface area contributed by atoms with Gasteiger partial charge in [0.25, 0.3) is 0 Å². The molecule has 0 aliphatic carbocycles. The van der Waals surface area contributed by atoms with Crippen LogP contribution in [-0.2, 0) is 0 Å². The fourth-order valence-electron chi connectivity index (χ4n) is 3.55. The van der Waals surface area contributed by atoms with Gasteiger partial charge in [-0.15, -0.1) is 0 Å². The first-order valence-electron chi connectivity index (χ1n) is 7.88. The van der Waals surface area contributed by atoms with Crippen LogP contribution in [0.4, 0.5) is 11.5 Å². The Morgan fingerprint density at radius 2 is 1.67 bits per heavy atom. The normalized spacial score (nSPS) is 15.6. The first kappa shape index (κ1) is 13.6. The molecule has 4 aromatic rings. The summed E-state index contributed by atoms with van der Waals surface area (Å²) in [6.45, 7) is 0. The quantitative estimate of drug-likeness (QED) is 0.462. The second kappa shape index (κ2) is 5.08. The summed E-state index contributed by atoms with van der Waals surface area (Å²) in [6.07, 6.45) is 0. The van der Waals surface area contributed by atoms with Gasteiger partial charge in [0, 0.05) is 11.3 Å². The van der Waals surface area contributed by atoms with Crippen molar-refractivity contribution < 1.29 is 0 Å². The van der Waals surface area contributed by atoms with Gasteiger partial charge in [0.2, 0.25) is 0 Å². The van der Waals surface area contributed by atoms with Gasteiger partial charge in [-0.25, -0.2) is 0 Å². The average Bonchev–Trinajstić information content (AvgIpc) is 3.00. The molecule has 1 unspecified atom stereocenters. The van der Waals surface area contributed by atoms with Gasteiger partial charge in [-0.05, 0) is 16.5 Å². The molecule has 0 amide bonds. The van der Waals surface area contributed by atoms with E-state index in [2.05, 4.69) is 46.7 Å². The largest absolute Gasteiger partial charge is 0.340 e. The van der Waals surface area contributed by atoms with E-state index in [1.165, 1.54) is 33.2 Å². The lowest BCUT2D eigenvalue weighted by Crippen LogP contribution is -2.13. The second-order valence-electron chi connectivity index (χ2n) is 5.97. The van der Waals surface area contributed by atoms with Crippen molar-refractivity contribution in [3.8, 4) is 0 Å². The zero-order chi connectivity index (χ0) is 16.1. The highest BCUT2D eigenvalue weighted by atomic mass is 32.1. The summed E-state index contributed by atoms with van der Waals surface area (Å²) in [4.78, 5) is 16.0. The molecule has 1 aliphatic rings. The van der Waals surface area contributed by atoms with Crippen LogP contribution in [0.2, 0.25) is 0 Å². The van der Waals surface area contributed by atoms with Crippen LogP contribution < -0.4 is 10.2 Å². The Morgan fingerprint density at radius 1 is 0.875 bits per heavy atom. The molecular weight excluding hydrogens is 316 g/mol. The number of hydrogen-bond donors (Lipinski definition) is 2. The topological polar surface area (TPSA) is 44.9 Å². The minimum Gasteiger partial charge on any atom is -0.340 e. The molecule has 0 saturated heterocycles. The fourth-order valence-corrected chi connectivity index (χ4v) is 4.49. The third-order valence-corrected chi connectivity index (χ3v) is 5.54. The number of anilines is 2. The highest BCUT2D eigenvalue weighted by molar-refractivity contribution is 7.10. The molecule has 0 saturated carbocycles. The molecule has 0 radical (unpaired) electrons. The Morgan fingerprint density at radius 3 is 2.54 bits per heavy atom. The Balaban J connectivity index is 1.85. The predicted molar refractivity (Wildman–Crippen MR) is 99.6 cm³/mol. The van der Waals surface area contributed by atoms with Gasteiger partial charge in [0.15, 0.2) is 0 Å². The van der Waals surface area contributed by atoms with E-state index in [-0.39, 0.29) is 10.8 Å². The van der Waals surface area contributed by atoms with Crippen LogP contribution in [0.25, 0.3) is 10.8 Å². The van der Waals surface area contributed by atoms with Crippen molar-refractivity contribution in [2.45, 2.75) is 5.92 Å². The summed E-state index contributed by atoms with van der Waals surface area (Å²) >= 11 is 1.29. The van der Waals surface area contributed by atoms with Crippen molar-refractivity contribution in [1.29, 1.82) is 0 Å². The molecule has 4 heteroatoms. The molecule has 2 N–H and O–H groups in total. The van der Waals surface area contributed by atoms with E-state index in [1.54, 1.807) is 0 Å². The molecule has 0 fully saturated rings. The molecule has 1 atom stereocenters. The number of nitrogens with one attached hydrogen (secondary N) is 2. The molecule has 2 heterocycles. The summed E-state index contributed by atoms with van der Waals surface area (Å²) < 4.78 is 0. The van der Waals surface area contributed by atoms with Crippen LogP contribution in [0.3, 0.4) is 0 Å². The lowest BCUT2D eigenvalue weighted by molar-refractivity contribution is 0.986. The second-order valence-corrected chi connectivity index (χ2v) is 6.99. The predicted octanol–water partition coefficient (Wildman–Crippen LogP) is 4.83. The van der Waals surface area contributed by atoms with Crippen molar-refractivity contribution in [2.75, 3.05) is 5.32 Å². The summed E-state index contributed by atoms with van der Waals surface area (Å²) in [5.74, 6) is 0.897. The molecular formula is C20H14N2OS.